The molecule has 2 N–H and O–H groups in total. The van der Waals surface area contributed by atoms with E-state index in [0.717, 1.165) is 12.8 Å². The summed E-state index contributed by atoms with van der Waals surface area (Å²) in [5, 5.41) is 11.4. The molecule has 0 heterocycles. The Kier molecular flexibility index (Phi) is 3.90. The van der Waals surface area contributed by atoms with Crippen LogP contribution in [0.2, 0.25) is 0 Å². The van der Waals surface area contributed by atoms with Crippen LogP contribution in [0, 0.1) is 6.92 Å². The van der Waals surface area contributed by atoms with Gasteiger partial charge in [0, 0.05) is 12.0 Å². The molecule has 0 aromatic heterocycles. The van der Waals surface area contributed by atoms with E-state index in [4.69, 9.17) is 5.11 Å². The van der Waals surface area contributed by atoms with Crippen LogP contribution in [0.5, 0.6) is 0 Å². The minimum atomic E-state index is -0.924. The van der Waals surface area contributed by atoms with Crippen LogP contribution in [0.3, 0.4) is 0 Å². The van der Waals surface area contributed by atoms with E-state index < -0.39 is 6.09 Å². The molecule has 2 rings (SSSR count). The second-order valence-electron chi connectivity index (χ2n) is 5.37. The van der Waals surface area contributed by atoms with Crippen LogP contribution >= 0.6 is 0 Å². The van der Waals surface area contributed by atoms with Gasteiger partial charge in [-0.2, -0.15) is 0 Å². The number of aryl methyl sites for hydroxylation is 1. The Balaban J connectivity index is 2.22. The maximum atomic E-state index is 10.8. The summed E-state index contributed by atoms with van der Waals surface area (Å²) in [6, 6.07) is 8.55. The van der Waals surface area contributed by atoms with Crippen molar-refractivity contribution in [3.05, 3.63) is 35.4 Å². The summed E-state index contributed by atoms with van der Waals surface area (Å²) < 4.78 is 0. The highest BCUT2D eigenvalue weighted by atomic mass is 16.4. The fourth-order valence-electron chi connectivity index (χ4n) is 2.95. The smallest absolute Gasteiger partial charge is 0.404 e. The molecule has 1 aromatic rings. The molecule has 1 aromatic carbocycles. The minimum absolute atomic E-state index is 0.00431. The zero-order chi connectivity index (χ0) is 13.0. The first-order valence-electron chi connectivity index (χ1n) is 6.66. The molecule has 1 saturated carbocycles. The van der Waals surface area contributed by atoms with Crippen molar-refractivity contribution in [2.24, 2.45) is 0 Å². The largest absolute Gasteiger partial charge is 0.465 e. The number of carbonyl (C=O) groups is 1. The Labute approximate surface area is 108 Å². The molecule has 0 spiro atoms. The van der Waals surface area contributed by atoms with Gasteiger partial charge in [0.25, 0.3) is 0 Å². The van der Waals surface area contributed by atoms with Crippen molar-refractivity contribution in [1.82, 2.24) is 5.32 Å². The van der Waals surface area contributed by atoms with Gasteiger partial charge >= 0.3 is 6.09 Å². The molecule has 0 radical (unpaired) electrons. The molecule has 0 aliphatic heterocycles. The molecule has 0 bridgehead atoms. The van der Waals surface area contributed by atoms with Crippen molar-refractivity contribution >= 4 is 6.09 Å². The first-order valence-corrected chi connectivity index (χ1v) is 6.66. The molecule has 0 saturated heterocycles. The van der Waals surface area contributed by atoms with Crippen LogP contribution in [-0.4, -0.2) is 17.7 Å². The highest BCUT2D eigenvalue weighted by molar-refractivity contribution is 5.64. The van der Waals surface area contributed by atoms with Crippen LogP contribution in [0.15, 0.2) is 24.3 Å². The number of rotatable bonds is 3. The van der Waals surface area contributed by atoms with Gasteiger partial charge in [-0.25, -0.2) is 4.79 Å². The number of hydrogen-bond donors (Lipinski definition) is 2. The molecule has 1 fully saturated rings. The lowest BCUT2D eigenvalue weighted by atomic mass is 9.69. The average Bonchev–Trinajstić information content (AvgIpc) is 2.38. The van der Waals surface area contributed by atoms with E-state index in [0.29, 0.717) is 6.54 Å². The third-order valence-electron chi connectivity index (χ3n) is 4.05. The van der Waals surface area contributed by atoms with Crippen LogP contribution in [0.4, 0.5) is 4.79 Å². The van der Waals surface area contributed by atoms with E-state index >= 15 is 0 Å². The third-order valence-corrected chi connectivity index (χ3v) is 4.05. The predicted molar refractivity (Wildman–Crippen MR) is 72.0 cm³/mol. The minimum Gasteiger partial charge on any atom is -0.465 e. The summed E-state index contributed by atoms with van der Waals surface area (Å²) in [4.78, 5) is 10.8. The maximum Gasteiger partial charge on any atom is 0.404 e. The van der Waals surface area contributed by atoms with Crippen molar-refractivity contribution in [2.75, 3.05) is 6.54 Å². The zero-order valence-corrected chi connectivity index (χ0v) is 10.9. The highest BCUT2D eigenvalue weighted by Gasteiger charge is 2.34. The lowest BCUT2D eigenvalue weighted by Crippen LogP contribution is -2.41. The normalized spacial score (nSPS) is 18.3. The molecule has 18 heavy (non-hydrogen) atoms. The molecule has 1 aliphatic carbocycles. The Morgan fingerprint density at radius 3 is 2.39 bits per heavy atom. The van der Waals surface area contributed by atoms with Crippen molar-refractivity contribution in [3.63, 3.8) is 0 Å². The monoisotopic (exact) mass is 247 g/mol. The molecule has 1 amide bonds. The van der Waals surface area contributed by atoms with E-state index in [-0.39, 0.29) is 5.41 Å². The fraction of sp³-hybridized carbons (Fsp3) is 0.533. The fourth-order valence-corrected chi connectivity index (χ4v) is 2.95. The van der Waals surface area contributed by atoms with Gasteiger partial charge in [-0.1, -0.05) is 49.1 Å². The van der Waals surface area contributed by atoms with Gasteiger partial charge in [0.2, 0.25) is 0 Å². The van der Waals surface area contributed by atoms with Gasteiger partial charge in [0.15, 0.2) is 0 Å². The SMILES string of the molecule is Cc1ccc(C2(CNC(=O)O)CCCCC2)cc1. The Bertz CT molecular complexity index is 405. The van der Waals surface area contributed by atoms with Gasteiger partial charge in [-0.05, 0) is 25.3 Å². The number of carboxylic acid groups (broad SMARTS) is 1. The Hall–Kier alpha value is -1.51. The third kappa shape index (κ3) is 2.84. The van der Waals surface area contributed by atoms with Crippen LogP contribution in [0.1, 0.15) is 43.2 Å². The van der Waals surface area contributed by atoms with Gasteiger partial charge in [0.05, 0.1) is 0 Å². The van der Waals surface area contributed by atoms with Gasteiger partial charge in [-0.3, -0.25) is 0 Å². The summed E-state index contributed by atoms with van der Waals surface area (Å²) >= 11 is 0. The van der Waals surface area contributed by atoms with E-state index in [1.807, 2.05) is 0 Å². The lowest BCUT2D eigenvalue weighted by Gasteiger charge is -2.37. The number of benzene rings is 1. The lowest BCUT2D eigenvalue weighted by molar-refractivity contribution is 0.186. The second kappa shape index (κ2) is 5.42. The predicted octanol–water partition coefficient (Wildman–Crippen LogP) is 3.46. The van der Waals surface area contributed by atoms with Crippen LogP contribution in [0.25, 0.3) is 0 Å². The molecule has 1 aliphatic rings. The molecule has 3 nitrogen and oxygen atoms in total. The summed E-state index contributed by atoms with van der Waals surface area (Å²) in [6.45, 7) is 2.61. The van der Waals surface area contributed by atoms with Crippen molar-refractivity contribution in [3.8, 4) is 0 Å². The summed E-state index contributed by atoms with van der Waals surface area (Å²) in [7, 11) is 0. The van der Waals surface area contributed by atoms with E-state index in [1.54, 1.807) is 0 Å². The standard InChI is InChI=1S/C15H21NO2/c1-12-5-7-13(8-6-12)15(11-16-14(17)18)9-3-2-4-10-15/h5-8,16H,2-4,9-11H2,1H3,(H,17,18). The molecule has 98 valence electrons. The van der Waals surface area contributed by atoms with Crippen molar-refractivity contribution in [2.45, 2.75) is 44.4 Å². The number of nitrogens with one attached hydrogen (secondary N) is 1. The van der Waals surface area contributed by atoms with Crippen LogP contribution in [-0.2, 0) is 5.41 Å². The van der Waals surface area contributed by atoms with E-state index in [1.165, 1.54) is 30.4 Å². The number of amides is 1. The topological polar surface area (TPSA) is 49.3 Å². The average molecular weight is 247 g/mol. The Morgan fingerprint density at radius 1 is 1.22 bits per heavy atom. The van der Waals surface area contributed by atoms with Crippen molar-refractivity contribution < 1.29 is 9.90 Å². The molecular weight excluding hydrogens is 226 g/mol. The quantitative estimate of drug-likeness (QED) is 0.859. The molecule has 0 unspecified atom stereocenters. The molecular formula is C15H21NO2. The van der Waals surface area contributed by atoms with Gasteiger partial charge in [0.1, 0.15) is 0 Å². The summed E-state index contributed by atoms with van der Waals surface area (Å²) in [5.41, 5.74) is 2.53. The zero-order valence-electron chi connectivity index (χ0n) is 10.9. The van der Waals surface area contributed by atoms with E-state index in [9.17, 15) is 4.79 Å². The summed E-state index contributed by atoms with van der Waals surface area (Å²) in [6.07, 6.45) is 4.88. The molecule has 0 atom stereocenters. The van der Waals surface area contributed by atoms with Gasteiger partial charge in [-0.15, -0.1) is 0 Å². The molecule has 3 heteroatoms. The maximum absolute atomic E-state index is 10.8. The van der Waals surface area contributed by atoms with Crippen molar-refractivity contribution in [1.29, 1.82) is 0 Å². The Morgan fingerprint density at radius 2 is 1.83 bits per heavy atom. The highest BCUT2D eigenvalue weighted by Crippen LogP contribution is 2.39. The first kappa shape index (κ1) is 12.9. The van der Waals surface area contributed by atoms with E-state index in [2.05, 4.69) is 36.5 Å². The van der Waals surface area contributed by atoms with Gasteiger partial charge < -0.3 is 10.4 Å². The second-order valence-corrected chi connectivity index (χ2v) is 5.37. The van der Waals surface area contributed by atoms with Crippen LogP contribution < -0.4 is 5.32 Å². The summed E-state index contributed by atoms with van der Waals surface area (Å²) in [5.74, 6) is 0. The first-order chi connectivity index (χ1) is 8.62. The number of hydrogen-bond acceptors (Lipinski definition) is 1.